The molecule has 2 rings (SSSR count). The Bertz CT molecular complexity index is 982. The van der Waals surface area contributed by atoms with Crippen LogP contribution in [0.15, 0.2) is 47.4 Å². The lowest BCUT2D eigenvalue weighted by molar-refractivity contribution is 0.0601. The van der Waals surface area contributed by atoms with Gasteiger partial charge in [-0.15, -0.1) is 0 Å². The molecule has 0 atom stereocenters. The van der Waals surface area contributed by atoms with Gasteiger partial charge in [0.05, 0.1) is 23.3 Å². The first kappa shape index (κ1) is 21.6. The molecule has 0 saturated heterocycles. The first-order chi connectivity index (χ1) is 13.3. The van der Waals surface area contributed by atoms with E-state index in [9.17, 15) is 18.0 Å². The third-order valence-electron chi connectivity index (χ3n) is 4.35. The van der Waals surface area contributed by atoms with Crippen molar-refractivity contribution < 1.29 is 22.7 Å². The maximum Gasteiger partial charge on any atom is 0.340 e. The first-order valence-corrected chi connectivity index (χ1v) is 10.3. The predicted octanol–water partition coefficient (Wildman–Crippen LogP) is 3.06. The number of aryl methyl sites for hydroxylation is 1. The van der Waals surface area contributed by atoms with Gasteiger partial charge in [-0.1, -0.05) is 32.0 Å². The van der Waals surface area contributed by atoms with Crippen LogP contribution in [-0.2, 0) is 14.8 Å². The van der Waals surface area contributed by atoms with Crippen molar-refractivity contribution in [2.45, 2.75) is 25.7 Å². The van der Waals surface area contributed by atoms with Gasteiger partial charge in [0, 0.05) is 18.7 Å². The minimum Gasteiger partial charge on any atom is -0.465 e. The summed E-state index contributed by atoms with van der Waals surface area (Å²) >= 11 is 0. The molecule has 0 heterocycles. The molecule has 0 fully saturated rings. The zero-order valence-electron chi connectivity index (χ0n) is 16.4. The van der Waals surface area contributed by atoms with Gasteiger partial charge in [-0.2, -0.15) is 4.31 Å². The van der Waals surface area contributed by atoms with Crippen molar-refractivity contribution in [1.82, 2.24) is 4.31 Å². The fraction of sp³-hybridized carbons (Fsp3) is 0.300. The number of hydrogen-bond donors (Lipinski definition) is 1. The lowest BCUT2D eigenvalue weighted by atomic mass is 10.1. The van der Waals surface area contributed by atoms with Gasteiger partial charge in [-0.05, 0) is 36.8 Å². The van der Waals surface area contributed by atoms with E-state index in [1.54, 1.807) is 39.0 Å². The van der Waals surface area contributed by atoms with Crippen molar-refractivity contribution in [2.75, 3.05) is 25.5 Å². The molecule has 2 aromatic rings. The molecule has 0 aliphatic heterocycles. The fourth-order valence-corrected chi connectivity index (χ4v) is 4.35. The summed E-state index contributed by atoms with van der Waals surface area (Å²) in [4.78, 5) is 24.8. The van der Waals surface area contributed by atoms with E-state index >= 15 is 0 Å². The quantitative estimate of drug-likeness (QED) is 0.716. The average Bonchev–Trinajstić information content (AvgIpc) is 2.68. The van der Waals surface area contributed by atoms with Crippen LogP contribution in [0.5, 0.6) is 0 Å². The number of benzene rings is 2. The molecule has 8 heteroatoms. The highest BCUT2D eigenvalue weighted by atomic mass is 32.2. The lowest BCUT2D eigenvalue weighted by Crippen LogP contribution is -2.30. The van der Waals surface area contributed by atoms with E-state index in [1.807, 2.05) is 0 Å². The Labute approximate surface area is 165 Å². The molecule has 2 aromatic carbocycles. The third-order valence-corrected chi connectivity index (χ3v) is 6.40. The summed E-state index contributed by atoms with van der Waals surface area (Å²) in [5, 5.41) is 2.67. The Morgan fingerprint density at radius 2 is 1.71 bits per heavy atom. The number of amides is 1. The topological polar surface area (TPSA) is 92.8 Å². The highest BCUT2D eigenvalue weighted by Gasteiger charge is 2.23. The number of esters is 1. The Hall–Kier alpha value is -2.71. The van der Waals surface area contributed by atoms with Crippen LogP contribution in [0.3, 0.4) is 0 Å². The number of sulfonamides is 1. The van der Waals surface area contributed by atoms with Crippen LogP contribution in [-0.4, -0.2) is 44.8 Å². The Morgan fingerprint density at radius 3 is 2.32 bits per heavy atom. The summed E-state index contributed by atoms with van der Waals surface area (Å²) in [5.41, 5.74) is 1.38. The number of anilines is 1. The van der Waals surface area contributed by atoms with Crippen LogP contribution in [0.1, 0.15) is 40.1 Å². The van der Waals surface area contributed by atoms with Gasteiger partial charge in [-0.25, -0.2) is 13.2 Å². The predicted molar refractivity (Wildman–Crippen MR) is 107 cm³/mol. The van der Waals surface area contributed by atoms with Crippen molar-refractivity contribution in [3.05, 3.63) is 59.2 Å². The van der Waals surface area contributed by atoms with Crippen molar-refractivity contribution in [3.8, 4) is 0 Å². The number of ether oxygens (including phenoxy) is 1. The van der Waals surface area contributed by atoms with E-state index in [4.69, 9.17) is 4.74 Å². The standard InChI is InChI=1S/C20H24N2O5S/c1-5-22(6-2)28(25,26)16-11-8-10-15(13-16)19(23)21-17-12-7-9-14(3)18(17)20(24)27-4/h7-13H,5-6H2,1-4H3,(H,21,23). The molecule has 0 saturated carbocycles. The molecule has 0 radical (unpaired) electrons. The number of carbonyl (C=O) groups excluding carboxylic acids is 2. The Morgan fingerprint density at radius 1 is 1.07 bits per heavy atom. The zero-order valence-corrected chi connectivity index (χ0v) is 17.2. The second-order valence-corrected chi connectivity index (χ2v) is 8.00. The smallest absolute Gasteiger partial charge is 0.340 e. The number of methoxy groups -OCH3 is 1. The maximum absolute atomic E-state index is 12.7. The molecule has 0 aliphatic carbocycles. The van der Waals surface area contributed by atoms with Gasteiger partial charge >= 0.3 is 5.97 Å². The van der Waals surface area contributed by atoms with Crippen molar-refractivity contribution in [1.29, 1.82) is 0 Å². The summed E-state index contributed by atoms with van der Waals surface area (Å²) in [6, 6.07) is 10.9. The monoisotopic (exact) mass is 404 g/mol. The minimum atomic E-state index is -3.68. The van der Waals surface area contributed by atoms with Gasteiger partial charge < -0.3 is 10.1 Å². The summed E-state index contributed by atoms with van der Waals surface area (Å²) in [6.45, 7) is 5.91. The van der Waals surface area contributed by atoms with E-state index in [1.165, 1.54) is 35.7 Å². The molecule has 0 aliphatic rings. The molecule has 28 heavy (non-hydrogen) atoms. The zero-order chi connectivity index (χ0) is 20.9. The van der Waals surface area contributed by atoms with Crippen LogP contribution < -0.4 is 5.32 Å². The van der Waals surface area contributed by atoms with Gasteiger partial charge in [0.15, 0.2) is 0 Å². The van der Waals surface area contributed by atoms with Crippen molar-refractivity contribution in [3.63, 3.8) is 0 Å². The second-order valence-electron chi connectivity index (χ2n) is 6.06. The van der Waals surface area contributed by atoms with E-state index in [0.29, 0.717) is 24.3 Å². The van der Waals surface area contributed by atoms with E-state index in [2.05, 4.69) is 5.32 Å². The highest BCUT2D eigenvalue weighted by Crippen LogP contribution is 2.22. The Balaban J connectivity index is 2.38. The minimum absolute atomic E-state index is 0.0429. The fourth-order valence-electron chi connectivity index (χ4n) is 2.85. The molecule has 0 bridgehead atoms. The van der Waals surface area contributed by atoms with Crippen molar-refractivity contribution in [2.24, 2.45) is 0 Å². The average molecular weight is 404 g/mol. The summed E-state index contributed by atoms with van der Waals surface area (Å²) in [5.74, 6) is -1.08. The van der Waals surface area contributed by atoms with Crippen LogP contribution in [0, 0.1) is 6.92 Å². The van der Waals surface area contributed by atoms with Gasteiger partial charge in [-0.3, -0.25) is 4.79 Å². The molecular formula is C20H24N2O5S. The molecule has 1 N–H and O–H groups in total. The molecule has 0 spiro atoms. The second kappa shape index (κ2) is 8.99. The van der Waals surface area contributed by atoms with Crippen LogP contribution in [0.2, 0.25) is 0 Å². The van der Waals surface area contributed by atoms with E-state index in [0.717, 1.165) is 0 Å². The van der Waals surface area contributed by atoms with Gasteiger partial charge in [0.2, 0.25) is 10.0 Å². The maximum atomic E-state index is 12.7. The lowest BCUT2D eigenvalue weighted by Gasteiger charge is -2.18. The summed E-state index contributed by atoms with van der Waals surface area (Å²) < 4.78 is 31.5. The van der Waals surface area contributed by atoms with E-state index in [-0.39, 0.29) is 16.0 Å². The normalized spacial score (nSPS) is 11.3. The van der Waals surface area contributed by atoms with Crippen LogP contribution in [0.4, 0.5) is 5.69 Å². The largest absolute Gasteiger partial charge is 0.465 e. The SMILES string of the molecule is CCN(CC)S(=O)(=O)c1cccc(C(=O)Nc2cccc(C)c2C(=O)OC)c1. The van der Waals surface area contributed by atoms with Crippen molar-refractivity contribution >= 4 is 27.6 Å². The number of carbonyl (C=O) groups is 2. The van der Waals surface area contributed by atoms with E-state index < -0.39 is 21.9 Å². The third kappa shape index (κ3) is 4.40. The molecule has 0 unspecified atom stereocenters. The summed E-state index contributed by atoms with van der Waals surface area (Å²) in [6.07, 6.45) is 0. The molecule has 0 aromatic heterocycles. The Kier molecular flexibility index (Phi) is 6.93. The highest BCUT2D eigenvalue weighted by molar-refractivity contribution is 7.89. The van der Waals surface area contributed by atoms with Crippen LogP contribution >= 0.6 is 0 Å². The number of nitrogens with one attached hydrogen (secondary N) is 1. The van der Waals surface area contributed by atoms with Gasteiger partial charge in [0.25, 0.3) is 5.91 Å². The number of hydrogen-bond acceptors (Lipinski definition) is 5. The first-order valence-electron chi connectivity index (χ1n) is 8.85. The molecule has 150 valence electrons. The number of rotatable bonds is 7. The number of nitrogens with zero attached hydrogens (tertiary/aromatic N) is 1. The molecule has 7 nitrogen and oxygen atoms in total. The van der Waals surface area contributed by atoms with Gasteiger partial charge in [0.1, 0.15) is 0 Å². The molecule has 1 amide bonds. The molecular weight excluding hydrogens is 380 g/mol. The summed E-state index contributed by atoms with van der Waals surface area (Å²) in [7, 11) is -2.42. The van der Waals surface area contributed by atoms with Crippen LogP contribution in [0.25, 0.3) is 0 Å².